The molecule has 0 unspecified atom stereocenters. The molecule has 0 spiro atoms. The van der Waals surface area contributed by atoms with Gasteiger partial charge in [-0.25, -0.2) is 0 Å². The van der Waals surface area contributed by atoms with Crippen LogP contribution in [0, 0.1) is 11.1 Å². The Morgan fingerprint density at radius 3 is 2.05 bits per heavy atom. The van der Waals surface area contributed by atoms with Crippen LogP contribution in [-0.4, -0.2) is 18.2 Å². The average Bonchev–Trinajstić information content (AvgIpc) is 2.43. The Labute approximate surface area is 120 Å². The lowest BCUT2D eigenvalue weighted by Crippen LogP contribution is -2.26. The van der Waals surface area contributed by atoms with Crippen molar-refractivity contribution in [3.63, 3.8) is 0 Å². The summed E-state index contributed by atoms with van der Waals surface area (Å²) in [5.41, 5.74) is 0. The average molecular weight is 268 g/mol. The third-order valence-electron chi connectivity index (χ3n) is 4.45. The summed E-state index contributed by atoms with van der Waals surface area (Å²) in [6.45, 7) is 3.83. The molecule has 2 heteroatoms. The molecule has 1 fully saturated rings. The van der Waals surface area contributed by atoms with E-state index in [4.69, 9.17) is 0 Å². The van der Waals surface area contributed by atoms with Gasteiger partial charge in [0, 0.05) is 0 Å². The molecule has 1 saturated carbocycles. The van der Waals surface area contributed by atoms with Gasteiger partial charge in [0.2, 0.25) is 0 Å². The Hall–Kier alpha value is -0.0800. The standard InChI is InChI=1S/C17H34NO/c1-2-3-4-5-6-7-8-12-15-18(19)16-17-13-10-9-11-14-17/h17H,2-16H2,1H3/q-1. The molecular formula is C17H34NO-. The molecule has 2 nitrogen and oxygen atoms in total. The van der Waals surface area contributed by atoms with Gasteiger partial charge >= 0.3 is 0 Å². The van der Waals surface area contributed by atoms with Crippen LogP contribution < -0.4 is 0 Å². The summed E-state index contributed by atoms with van der Waals surface area (Å²) >= 11 is 0. The fourth-order valence-electron chi connectivity index (χ4n) is 3.17. The highest BCUT2D eigenvalue weighted by Crippen LogP contribution is 2.24. The molecule has 114 valence electrons. The lowest BCUT2D eigenvalue weighted by Gasteiger charge is -2.34. The van der Waals surface area contributed by atoms with Crippen molar-refractivity contribution in [3.8, 4) is 0 Å². The van der Waals surface area contributed by atoms with Gasteiger partial charge in [0.1, 0.15) is 0 Å². The molecule has 19 heavy (non-hydrogen) atoms. The Balaban J connectivity index is 1.85. The van der Waals surface area contributed by atoms with Crippen LogP contribution in [0.2, 0.25) is 0 Å². The normalized spacial score (nSPS) is 17.2. The Morgan fingerprint density at radius 2 is 1.42 bits per heavy atom. The van der Waals surface area contributed by atoms with Gasteiger partial charge in [0.25, 0.3) is 0 Å². The first-order chi connectivity index (χ1) is 9.33. The molecule has 0 aliphatic heterocycles. The number of unbranched alkanes of at least 4 members (excludes halogenated alkanes) is 7. The molecule has 0 saturated heterocycles. The molecule has 0 heterocycles. The zero-order valence-corrected chi connectivity index (χ0v) is 13.0. The number of hydroxylamine groups is 2. The summed E-state index contributed by atoms with van der Waals surface area (Å²) in [6, 6.07) is 0. The molecule has 0 radical (unpaired) electrons. The van der Waals surface area contributed by atoms with Gasteiger partial charge < -0.3 is 10.3 Å². The second kappa shape index (κ2) is 11.7. The minimum atomic E-state index is 0.695. The van der Waals surface area contributed by atoms with Gasteiger partial charge in [-0.2, -0.15) is 0 Å². The lowest BCUT2D eigenvalue weighted by molar-refractivity contribution is 0.251. The van der Waals surface area contributed by atoms with Gasteiger partial charge in [0.15, 0.2) is 0 Å². The van der Waals surface area contributed by atoms with Gasteiger partial charge in [-0.05, 0) is 38.3 Å². The predicted molar refractivity (Wildman–Crippen MR) is 84.1 cm³/mol. The molecule has 0 aromatic heterocycles. The second-order valence-electron chi connectivity index (χ2n) is 6.37. The Bertz CT molecular complexity index is 190. The summed E-state index contributed by atoms with van der Waals surface area (Å²) in [7, 11) is 0. The number of hydrogen-bond acceptors (Lipinski definition) is 2. The van der Waals surface area contributed by atoms with Crippen molar-refractivity contribution in [2.45, 2.75) is 90.4 Å². The first-order valence-electron chi connectivity index (χ1n) is 8.75. The fourth-order valence-corrected chi connectivity index (χ4v) is 3.17. The van der Waals surface area contributed by atoms with E-state index >= 15 is 0 Å². The number of nitrogens with zero attached hydrogens (tertiary/aromatic N) is 1. The predicted octanol–water partition coefficient (Wildman–Crippen LogP) is 5.51. The van der Waals surface area contributed by atoms with Crippen LogP contribution in [0.15, 0.2) is 0 Å². The van der Waals surface area contributed by atoms with Crippen LogP contribution in [0.5, 0.6) is 0 Å². The third kappa shape index (κ3) is 9.45. The lowest BCUT2D eigenvalue weighted by atomic mass is 9.89. The molecule has 1 aliphatic rings. The maximum absolute atomic E-state index is 11.8. The van der Waals surface area contributed by atoms with E-state index in [-0.39, 0.29) is 0 Å². The summed E-state index contributed by atoms with van der Waals surface area (Å²) in [4.78, 5) is 0. The van der Waals surface area contributed by atoms with Crippen LogP contribution in [0.25, 0.3) is 0 Å². The van der Waals surface area contributed by atoms with E-state index in [9.17, 15) is 5.21 Å². The van der Waals surface area contributed by atoms with Crippen LogP contribution in [0.4, 0.5) is 0 Å². The molecule has 0 bridgehead atoms. The van der Waals surface area contributed by atoms with E-state index in [1.807, 2.05) is 0 Å². The molecule has 0 aromatic rings. The maximum Gasteiger partial charge on any atom is -0.0116 e. The summed E-state index contributed by atoms with van der Waals surface area (Å²) in [5, 5.41) is 13.1. The van der Waals surface area contributed by atoms with Crippen molar-refractivity contribution in [2.75, 3.05) is 13.1 Å². The minimum absolute atomic E-state index is 0.695. The number of hydrogen-bond donors (Lipinski definition) is 0. The minimum Gasteiger partial charge on any atom is -0.785 e. The van der Waals surface area contributed by atoms with E-state index < -0.39 is 0 Å². The van der Waals surface area contributed by atoms with Crippen LogP contribution in [0.3, 0.4) is 0 Å². The largest absolute Gasteiger partial charge is 0.785 e. The quantitative estimate of drug-likeness (QED) is 0.365. The molecule has 1 rings (SSSR count). The molecule has 0 N–H and O–H groups in total. The number of rotatable bonds is 11. The zero-order chi connectivity index (χ0) is 13.8. The molecule has 0 amide bonds. The first-order valence-corrected chi connectivity index (χ1v) is 8.75. The van der Waals surface area contributed by atoms with Gasteiger partial charge in [-0.1, -0.05) is 71.1 Å². The van der Waals surface area contributed by atoms with Gasteiger partial charge in [-0.15, -0.1) is 0 Å². The van der Waals surface area contributed by atoms with Crippen molar-refractivity contribution in [1.82, 2.24) is 5.06 Å². The first kappa shape index (κ1) is 17.0. The van der Waals surface area contributed by atoms with Crippen molar-refractivity contribution in [1.29, 1.82) is 0 Å². The Morgan fingerprint density at radius 1 is 0.842 bits per heavy atom. The highest BCUT2D eigenvalue weighted by atomic mass is 16.5. The summed E-state index contributed by atoms with van der Waals surface area (Å²) in [5.74, 6) is 0.695. The van der Waals surface area contributed by atoms with Crippen LogP contribution in [0.1, 0.15) is 90.4 Å². The Kier molecular flexibility index (Phi) is 10.5. The SMILES string of the molecule is CCCCCCCCCCN([O-])CC1CCCCC1. The molecule has 0 atom stereocenters. The highest BCUT2D eigenvalue weighted by Gasteiger charge is 2.13. The van der Waals surface area contributed by atoms with E-state index in [1.165, 1.54) is 82.1 Å². The molecule has 1 aliphatic carbocycles. The highest BCUT2D eigenvalue weighted by molar-refractivity contribution is 4.70. The zero-order valence-electron chi connectivity index (χ0n) is 13.0. The van der Waals surface area contributed by atoms with Gasteiger partial charge in [-0.3, -0.25) is 0 Å². The smallest absolute Gasteiger partial charge is 0.0116 e. The second-order valence-corrected chi connectivity index (χ2v) is 6.37. The van der Waals surface area contributed by atoms with E-state index in [0.717, 1.165) is 19.5 Å². The van der Waals surface area contributed by atoms with Crippen molar-refractivity contribution < 1.29 is 0 Å². The molecular weight excluding hydrogens is 234 g/mol. The van der Waals surface area contributed by atoms with E-state index in [0.29, 0.717) is 5.92 Å². The van der Waals surface area contributed by atoms with Crippen LogP contribution >= 0.6 is 0 Å². The van der Waals surface area contributed by atoms with E-state index in [1.54, 1.807) is 0 Å². The molecule has 0 aromatic carbocycles. The van der Waals surface area contributed by atoms with Crippen molar-refractivity contribution in [3.05, 3.63) is 5.21 Å². The summed E-state index contributed by atoms with van der Waals surface area (Å²) in [6.07, 6.45) is 17.2. The monoisotopic (exact) mass is 268 g/mol. The van der Waals surface area contributed by atoms with Gasteiger partial charge in [0.05, 0.1) is 0 Å². The van der Waals surface area contributed by atoms with Crippen molar-refractivity contribution in [2.24, 2.45) is 5.92 Å². The summed E-state index contributed by atoms with van der Waals surface area (Å²) < 4.78 is 0. The fraction of sp³-hybridized carbons (Fsp3) is 1.00. The third-order valence-corrected chi connectivity index (χ3v) is 4.45. The van der Waals surface area contributed by atoms with Crippen LogP contribution in [-0.2, 0) is 0 Å². The van der Waals surface area contributed by atoms with E-state index in [2.05, 4.69) is 6.92 Å². The van der Waals surface area contributed by atoms with Crippen molar-refractivity contribution >= 4 is 0 Å². The topological polar surface area (TPSA) is 26.3 Å². The maximum atomic E-state index is 11.8.